The van der Waals surface area contributed by atoms with Crippen molar-refractivity contribution in [2.45, 2.75) is 18.0 Å². The number of H-pyrrole nitrogens is 1. The Bertz CT molecular complexity index is 859. The molecule has 0 fully saturated rings. The second-order valence-electron chi connectivity index (χ2n) is 4.74. The molecule has 0 atom stereocenters. The van der Waals surface area contributed by atoms with Crippen molar-refractivity contribution in [3.8, 4) is 0 Å². The lowest BCUT2D eigenvalue weighted by Crippen LogP contribution is -2.25. The van der Waals surface area contributed by atoms with E-state index in [-0.39, 0.29) is 35.4 Å². The van der Waals surface area contributed by atoms with Gasteiger partial charge in [-0.2, -0.15) is 0 Å². The molecule has 0 radical (unpaired) electrons. The quantitative estimate of drug-likeness (QED) is 0.658. The predicted octanol–water partition coefficient (Wildman–Crippen LogP) is 0.885. The van der Waals surface area contributed by atoms with E-state index >= 15 is 0 Å². The van der Waals surface area contributed by atoms with E-state index in [1.54, 1.807) is 12.1 Å². The maximum Gasteiger partial charge on any atom is 0.273 e. The summed E-state index contributed by atoms with van der Waals surface area (Å²) in [5, 5.41) is 21.3. The monoisotopic (exact) mass is 401 g/mol. The smallest absolute Gasteiger partial charge is 0.273 e. The van der Waals surface area contributed by atoms with Crippen LogP contribution in [0.2, 0.25) is 10.0 Å². The average molecular weight is 402 g/mol. The van der Waals surface area contributed by atoms with Crippen LogP contribution >= 0.6 is 35.0 Å². The van der Waals surface area contributed by atoms with Crippen LogP contribution in [0.1, 0.15) is 12.1 Å². The SMILES string of the molecule is O=C([O-])CCc1nnc(SCC(=O)Nc2ccc(Cl)cc2Cl)[nH]c1=O. The summed E-state index contributed by atoms with van der Waals surface area (Å²) in [5.74, 6) is -1.68. The molecule has 0 saturated carbocycles. The Labute approximate surface area is 155 Å². The molecular weight excluding hydrogens is 391 g/mol. The lowest BCUT2D eigenvalue weighted by molar-refractivity contribution is -0.305. The summed E-state index contributed by atoms with van der Waals surface area (Å²) in [6.45, 7) is 0. The third kappa shape index (κ3) is 6.04. The number of nitrogens with one attached hydrogen (secondary N) is 2. The number of aryl methyl sites for hydroxylation is 1. The van der Waals surface area contributed by atoms with Gasteiger partial charge in [0.15, 0.2) is 5.16 Å². The summed E-state index contributed by atoms with van der Waals surface area (Å²) in [7, 11) is 0. The highest BCUT2D eigenvalue weighted by Crippen LogP contribution is 2.25. The number of nitrogens with zero attached hydrogens (tertiary/aromatic N) is 2. The molecule has 0 aliphatic carbocycles. The fraction of sp³-hybridized carbons (Fsp3) is 0.214. The Morgan fingerprint density at radius 3 is 2.68 bits per heavy atom. The normalized spacial score (nSPS) is 10.5. The predicted molar refractivity (Wildman–Crippen MR) is 91.8 cm³/mol. The third-order valence-corrected chi connectivity index (χ3v) is 4.27. The molecule has 1 aromatic carbocycles. The van der Waals surface area contributed by atoms with Crippen molar-refractivity contribution >= 4 is 52.5 Å². The van der Waals surface area contributed by atoms with Crippen LogP contribution in [0.15, 0.2) is 28.2 Å². The Hall–Kier alpha value is -2.10. The van der Waals surface area contributed by atoms with Crippen LogP contribution in [0, 0.1) is 0 Å². The van der Waals surface area contributed by atoms with Gasteiger partial charge in [0.05, 0.1) is 16.5 Å². The Morgan fingerprint density at radius 2 is 2.04 bits per heavy atom. The maximum absolute atomic E-state index is 11.9. The fourth-order valence-corrected chi connectivity index (χ4v) is 2.76. The lowest BCUT2D eigenvalue weighted by Gasteiger charge is -2.07. The zero-order valence-electron chi connectivity index (χ0n) is 12.5. The molecule has 0 aliphatic rings. The fourth-order valence-electron chi connectivity index (χ4n) is 1.71. The van der Waals surface area contributed by atoms with Gasteiger partial charge in [-0.3, -0.25) is 14.6 Å². The number of halogens is 2. The topological polar surface area (TPSA) is 128 Å². The van der Waals surface area contributed by atoms with E-state index in [1.807, 2.05) is 0 Å². The van der Waals surface area contributed by atoms with E-state index in [1.165, 1.54) is 6.07 Å². The largest absolute Gasteiger partial charge is 0.550 e. The van der Waals surface area contributed by atoms with Gasteiger partial charge in [0.25, 0.3) is 5.56 Å². The molecule has 25 heavy (non-hydrogen) atoms. The van der Waals surface area contributed by atoms with Gasteiger partial charge in [-0.05, 0) is 24.6 Å². The number of carbonyl (C=O) groups is 2. The number of aliphatic carboxylic acids is 1. The van der Waals surface area contributed by atoms with Gasteiger partial charge in [0.2, 0.25) is 5.91 Å². The van der Waals surface area contributed by atoms with Crippen molar-refractivity contribution in [1.82, 2.24) is 15.2 Å². The molecule has 0 unspecified atom stereocenters. The number of benzene rings is 1. The first-order chi connectivity index (χ1) is 11.8. The number of anilines is 1. The summed E-state index contributed by atoms with van der Waals surface area (Å²) in [6.07, 6.45) is -0.403. The van der Waals surface area contributed by atoms with Gasteiger partial charge in [-0.1, -0.05) is 35.0 Å². The molecule has 0 saturated heterocycles. The number of hydrogen-bond acceptors (Lipinski definition) is 7. The average Bonchev–Trinajstić information content (AvgIpc) is 2.54. The Kier molecular flexibility index (Phi) is 6.80. The number of carboxylic acid groups (broad SMARTS) is 1. The van der Waals surface area contributed by atoms with E-state index in [4.69, 9.17) is 23.2 Å². The summed E-state index contributed by atoms with van der Waals surface area (Å²) in [4.78, 5) is 36.5. The highest BCUT2D eigenvalue weighted by Gasteiger charge is 2.10. The first-order valence-corrected chi connectivity index (χ1v) is 8.62. The van der Waals surface area contributed by atoms with Gasteiger partial charge in [-0.25, -0.2) is 0 Å². The first-order valence-electron chi connectivity index (χ1n) is 6.88. The molecule has 11 heteroatoms. The molecule has 1 aromatic heterocycles. The highest BCUT2D eigenvalue weighted by molar-refractivity contribution is 7.99. The third-order valence-electron chi connectivity index (χ3n) is 2.86. The number of thioether (sulfide) groups is 1. The van der Waals surface area contributed by atoms with Gasteiger partial charge in [0, 0.05) is 17.4 Å². The number of carbonyl (C=O) groups excluding carboxylic acids is 2. The molecule has 1 heterocycles. The van der Waals surface area contributed by atoms with Gasteiger partial charge in [-0.15, -0.1) is 10.2 Å². The number of aromatic nitrogens is 3. The molecule has 0 bridgehead atoms. The van der Waals surface area contributed by atoms with E-state index in [0.29, 0.717) is 15.7 Å². The van der Waals surface area contributed by atoms with Gasteiger partial charge >= 0.3 is 0 Å². The molecule has 1 amide bonds. The second kappa shape index (κ2) is 8.84. The summed E-state index contributed by atoms with van der Waals surface area (Å²) in [5.41, 5.74) is -0.153. The maximum atomic E-state index is 11.9. The molecule has 2 rings (SSSR count). The molecule has 0 aliphatic heterocycles. The van der Waals surface area contributed by atoms with Crippen molar-refractivity contribution in [3.63, 3.8) is 0 Å². The zero-order valence-corrected chi connectivity index (χ0v) is 14.9. The van der Waals surface area contributed by atoms with Crippen molar-refractivity contribution < 1.29 is 14.7 Å². The van der Waals surface area contributed by atoms with E-state index in [9.17, 15) is 19.5 Å². The van der Waals surface area contributed by atoms with Crippen LogP contribution in [0.5, 0.6) is 0 Å². The number of rotatable bonds is 7. The zero-order chi connectivity index (χ0) is 18.4. The van der Waals surface area contributed by atoms with E-state index in [0.717, 1.165) is 11.8 Å². The molecule has 8 nitrogen and oxygen atoms in total. The van der Waals surface area contributed by atoms with Crippen LogP contribution in [0.4, 0.5) is 5.69 Å². The van der Waals surface area contributed by atoms with Crippen molar-refractivity contribution in [3.05, 3.63) is 44.3 Å². The van der Waals surface area contributed by atoms with Crippen LogP contribution in [0.25, 0.3) is 0 Å². The molecule has 2 aromatic rings. The number of carboxylic acids is 1. The molecule has 132 valence electrons. The Morgan fingerprint density at radius 1 is 1.28 bits per heavy atom. The standard InChI is InChI=1S/C14H12Cl2N4O4S/c15-7-1-2-9(8(16)5-7)17-11(21)6-25-14-18-13(24)10(19-20-14)3-4-12(22)23/h1-2,5H,3-4,6H2,(H,17,21)(H,22,23)(H,18,20,24)/p-1. The van der Waals surface area contributed by atoms with Crippen LogP contribution in [-0.4, -0.2) is 32.8 Å². The van der Waals surface area contributed by atoms with Crippen molar-refractivity contribution in [1.29, 1.82) is 0 Å². The molecular formula is C14H11Cl2N4O4S-. The van der Waals surface area contributed by atoms with Crippen LogP contribution in [0.3, 0.4) is 0 Å². The van der Waals surface area contributed by atoms with Crippen molar-refractivity contribution in [2.75, 3.05) is 11.1 Å². The first kappa shape index (κ1) is 19.2. The molecule has 0 spiro atoms. The molecule has 2 N–H and O–H groups in total. The Balaban J connectivity index is 1.92. The number of amides is 1. The summed E-state index contributed by atoms with van der Waals surface area (Å²) >= 11 is 12.7. The number of aromatic amines is 1. The van der Waals surface area contributed by atoms with E-state index < -0.39 is 11.5 Å². The minimum Gasteiger partial charge on any atom is -0.550 e. The van der Waals surface area contributed by atoms with Crippen LogP contribution in [-0.2, 0) is 16.0 Å². The van der Waals surface area contributed by atoms with Crippen LogP contribution < -0.4 is 16.0 Å². The van der Waals surface area contributed by atoms with E-state index in [2.05, 4.69) is 20.5 Å². The minimum atomic E-state index is -1.28. The second-order valence-corrected chi connectivity index (χ2v) is 6.55. The summed E-state index contributed by atoms with van der Waals surface area (Å²) < 4.78 is 0. The van der Waals surface area contributed by atoms with Gasteiger partial charge in [0.1, 0.15) is 5.69 Å². The minimum absolute atomic E-state index is 0.00838. The van der Waals surface area contributed by atoms with Crippen molar-refractivity contribution in [2.24, 2.45) is 0 Å². The summed E-state index contributed by atoms with van der Waals surface area (Å²) in [6, 6.07) is 4.66. The lowest BCUT2D eigenvalue weighted by atomic mass is 10.2. The number of hydrogen-bond donors (Lipinski definition) is 2. The highest BCUT2D eigenvalue weighted by atomic mass is 35.5. The van der Waals surface area contributed by atoms with Gasteiger partial charge < -0.3 is 15.2 Å².